The lowest BCUT2D eigenvalue weighted by Crippen LogP contribution is -2.42. The molecule has 102 valence electrons. The number of nitrogens with one attached hydrogen (secondary N) is 1. The summed E-state index contributed by atoms with van der Waals surface area (Å²) < 4.78 is 3.77. The molecule has 0 saturated carbocycles. The molecule has 0 radical (unpaired) electrons. The number of carbonyl (C=O) groups excluding carboxylic acids is 1. The van der Waals surface area contributed by atoms with Crippen molar-refractivity contribution in [2.45, 2.75) is 33.4 Å². The Labute approximate surface area is 115 Å². The van der Waals surface area contributed by atoms with E-state index >= 15 is 0 Å². The highest BCUT2D eigenvalue weighted by Gasteiger charge is 2.21. The van der Waals surface area contributed by atoms with Crippen LogP contribution in [0.5, 0.6) is 0 Å². The fourth-order valence-electron chi connectivity index (χ4n) is 1.61. The van der Waals surface area contributed by atoms with Crippen LogP contribution in [0, 0.1) is 12.8 Å². The van der Waals surface area contributed by atoms with E-state index in [2.05, 4.69) is 25.1 Å². The van der Waals surface area contributed by atoms with Crippen LogP contribution in [0.15, 0.2) is 12.4 Å². The van der Waals surface area contributed by atoms with Crippen molar-refractivity contribution in [2.75, 3.05) is 0 Å². The summed E-state index contributed by atoms with van der Waals surface area (Å²) in [5, 5.41) is 14.9. The van der Waals surface area contributed by atoms with Crippen LogP contribution in [0.1, 0.15) is 29.2 Å². The van der Waals surface area contributed by atoms with Gasteiger partial charge in [0.25, 0.3) is 5.91 Å². The molecule has 7 nitrogen and oxygen atoms in total. The number of carbonyl (C=O) groups is 1. The van der Waals surface area contributed by atoms with E-state index in [4.69, 9.17) is 0 Å². The van der Waals surface area contributed by atoms with Gasteiger partial charge >= 0.3 is 0 Å². The topological polar surface area (TPSA) is 85.6 Å². The standard InChI is InChI=1S/C11H16N6OS/c1-7(2)9(6-17-12-4-5-13-17)14-11(18)10-8(3)15-16-19-10/h4-5,7,9H,6H2,1-3H3,(H,14,18). The second-order valence-corrected chi connectivity index (χ2v) is 5.35. The van der Waals surface area contributed by atoms with Crippen molar-refractivity contribution in [1.29, 1.82) is 0 Å². The van der Waals surface area contributed by atoms with Crippen LogP contribution in [-0.2, 0) is 6.54 Å². The van der Waals surface area contributed by atoms with Crippen LogP contribution >= 0.6 is 11.5 Å². The van der Waals surface area contributed by atoms with Crippen LogP contribution in [0.3, 0.4) is 0 Å². The quantitative estimate of drug-likeness (QED) is 0.879. The third-order valence-corrected chi connectivity index (χ3v) is 3.63. The number of hydrogen-bond donors (Lipinski definition) is 1. The molecule has 2 aromatic rings. The monoisotopic (exact) mass is 280 g/mol. The molecule has 8 heteroatoms. The second-order valence-electron chi connectivity index (χ2n) is 4.60. The smallest absolute Gasteiger partial charge is 0.265 e. The summed E-state index contributed by atoms with van der Waals surface area (Å²) in [5.74, 6) is 0.134. The minimum Gasteiger partial charge on any atom is -0.346 e. The SMILES string of the molecule is Cc1nnsc1C(=O)NC(Cn1nccn1)C(C)C. The Hall–Kier alpha value is -1.83. The maximum absolute atomic E-state index is 12.1. The molecule has 1 unspecified atom stereocenters. The number of hydrogen-bond acceptors (Lipinski definition) is 6. The third-order valence-electron chi connectivity index (χ3n) is 2.81. The molecule has 0 bridgehead atoms. The van der Waals surface area contributed by atoms with Crippen LogP contribution < -0.4 is 5.32 Å². The van der Waals surface area contributed by atoms with Crippen molar-refractivity contribution >= 4 is 17.4 Å². The molecule has 0 fully saturated rings. The largest absolute Gasteiger partial charge is 0.346 e. The molecule has 1 N–H and O–H groups in total. The fourth-order valence-corrected chi connectivity index (χ4v) is 2.17. The molecule has 2 rings (SSSR count). The van der Waals surface area contributed by atoms with Crippen molar-refractivity contribution in [3.8, 4) is 0 Å². The van der Waals surface area contributed by atoms with Crippen LogP contribution in [0.25, 0.3) is 0 Å². The van der Waals surface area contributed by atoms with E-state index in [9.17, 15) is 4.79 Å². The summed E-state index contributed by atoms with van der Waals surface area (Å²) in [6.07, 6.45) is 3.24. The third kappa shape index (κ3) is 3.34. The first-order valence-electron chi connectivity index (χ1n) is 6.02. The van der Waals surface area contributed by atoms with E-state index in [1.807, 2.05) is 13.8 Å². The summed E-state index contributed by atoms with van der Waals surface area (Å²) >= 11 is 1.11. The zero-order chi connectivity index (χ0) is 13.8. The highest BCUT2D eigenvalue weighted by atomic mass is 32.1. The minimum absolute atomic E-state index is 0.0404. The summed E-state index contributed by atoms with van der Waals surface area (Å²) in [6, 6.07) is -0.0404. The molecule has 2 heterocycles. The molecule has 2 aromatic heterocycles. The van der Waals surface area contributed by atoms with Gasteiger partial charge in [-0.3, -0.25) is 4.79 Å². The van der Waals surface area contributed by atoms with Gasteiger partial charge in [0, 0.05) is 0 Å². The molecule has 0 aliphatic heterocycles. The van der Waals surface area contributed by atoms with Gasteiger partial charge in [0.2, 0.25) is 0 Å². The summed E-state index contributed by atoms with van der Waals surface area (Å²) in [6.45, 7) is 6.41. The Balaban J connectivity index is 2.05. The van der Waals surface area contributed by atoms with Gasteiger partial charge in [0.05, 0.1) is 30.7 Å². The van der Waals surface area contributed by atoms with Gasteiger partial charge in [-0.2, -0.15) is 15.0 Å². The van der Waals surface area contributed by atoms with Gasteiger partial charge in [-0.25, -0.2) is 0 Å². The molecule has 1 amide bonds. The lowest BCUT2D eigenvalue weighted by molar-refractivity contribution is 0.0921. The highest BCUT2D eigenvalue weighted by molar-refractivity contribution is 7.08. The molecule has 0 aliphatic carbocycles. The molecule has 1 atom stereocenters. The first-order chi connectivity index (χ1) is 9.08. The number of amides is 1. The van der Waals surface area contributed by atoms with E-state index in [-0.39, 0.29) is 17.9 Å². The Morgan fingerprint density at radius 1 is 1.42 bits per heavy atom. The van der Waals surface area contributed by atoms with E-state index in [1.165, 1.54) is 0 Å². The van der Waals surface area contributed by atoms with E-state index < -0.39 is 0 Å². The van der Waals surface area contributed by atoms with E-state index in [0.29, 0.717) is 17.1 Å². The molecule has 0 aliphatic rings. The van der Waals surface area contributed by atoms with E-state index in [0.717, 1.165) is 11.5 Å². The van der Waals surface area contributed by atoms with Crippen LogP contribution in [0.2, 0.25) is 0 Å². The summed E-state index contributed by atoms with van der Waals surface area (Å²) in [7, 11) is 0. The van der Waals surface area contributed by atoms with Crippen LogP contribution in [-0.4, -0.2) is 36.5 Å². The number of aromatic nitrogens is 5. The maximum Gasteiger partial charge on any atom is 0.265 e. The Bertz CT molecular complexity index is 535. The zero-order valence-corrected chi connectivity index (χ0v) is 11.9. The van der Waals surface area contributed by atoms with Gasteiger partial charge < -0.3 is 5.32 Å². The minimum atomic E-state index is -0.140. The van der Waals surface area contributed by atoms with Gasteiger partial charge in [0.1, 0.15) is 4.88 Å². The Kier molecular flexibility index (Phi) is 4.20. The molecular formula is C11H16N6OS. The summed E-state index contributed by atoms with van der Waals surface area (Å²) in [5.41, 5.74) is 0.655. The maximum atomic E-state index is 12.1. The number of aryl methyl sites for hydroxylation is 1. The average molecular weight is 280 g/mol. The lowest BCUT2D eigenvalue weighted by Gasteiger charge is -2.21. The molecule has 0 aromatic carbocycles. The van der Waals surface area contributed by atoms with Crippen molar-refractivity contribution in [3.63, 3.8) is 0 Å². The van der Waals surface area contributed by atoms with Crippen molar-refractivity contribution in [2.24, 2.45) is 5.92 Å². The van der Waals surface area contributed by atoms with Gasteiger partial charge in [-0.15, -0.1) is 5.10 Å². The number of nitrogens with zero attached hydrogens (tertiary/aromatic N) is 5. The van der Waals surface area contributed by atoms with Crippen molar-refractivity contribution < 1.29 is 4.79 Å². The highest BCUT2D eigenvalue weighted by Crippen LogP contribution is 2.11. The van der Waals surface area contributed by atoms with Gasteiger partial charge in [-0.05, 0) is 24.4 Å². The Morgan fingerprint density at radius 2 is 2.11 bits per heavy atom. The van der Waals surface area contributed by atoms with Gasteiger partial charge in [0.15, 0.2) is 0 Å². The molecular weight excluding hydrogens is 264 g/mol. The average Bonchev–Trinajstić information content (AvgIpc) is 2.99. The first kappa shape index (κ1) is 13.6. The first-order valence-corrected chi connectivity index (χ1v) is 6.79. The van der Waals surface area contributed by atoms with E-state index in [1.54, 1.807) is 24.1 Å². The lowest BCUT2D eigenvalue weighted by atomic mass is 10.0. The fraction of sp³-hybridized carbons (Fsp3) is 0.545. The zero-order valence-electron chi connectivity index (χ0n) is 11.1. The second kappa shape index (κ2) is 5.87. The molecule has 19 heavy (non-hydrogen) atoms. The summed E-state index contributed by atoms with van der Waals surface area (Å²) in [4.78, 5) is 14.3. The molecule has 0 saturated heterocycles. The Morgan fingerprint density at radius 3 is 2.63 bits per heavy atom. The molecule has 0 spiro atoms. The van der Waals surface area contributed by atoms with Crippen LogP contribution in [0.4, 0.5) is 0 Å². The van der Waals surface area contributed by atoms with Crippen molar-refractivity contribution in [1.82, 2.24) is 29.9 Å². The predicted molar refractivity (Wildman–Crippen MR) is 70.8 cm³/mol. The number of rotatable bonds is 5. The van der Waals surface area contributed by atoms with Crippen molar-refractivity contribution in [3.05, 3.63) is 23.0 Å². The van der Waals surface area contributed by atoms with Gasteiger partial charge in [-0.1, -0.05) is 18.3 Å². The normalized spacial score (nSPS) is 12.6. The predicted octanol–water partition coefficient (Wildman–Crippen LogP) is 0.893.